The minimum Gasteiger partial charge on any atom is -0.291 e. The highest BCUT2D eigenvalue weighted by Gasteiger charge is 2.27. The number of rotatable bonds is 3. The summed E-state index contributed by atoms with van der Waals surface area (Å²) in [4.78, 5) is 17.6. The molecule has 0 N–H and O–H groups in total. The Hall–Kier alpha value is -2.09. The highest BCUT2D eigenvalue weighted by Crippen LogP contribution is 2.34. The third-order valence-electron chi connectivity index (χ3n) is 3.51. The molecule has 0 amide bonds. The number of aromatic nitrogens is 6. The second-order valence-electron chi connectivity index (χ2n) is 5.05. The second kappa shape index (κ2) is 4.20. The molecule has 102 valence electrons. The largest absolute Gasteiger partial charge is 0.291 e. The molecule has 0 unspecified atom stereocenters. The van der Waals surface area contributed by atoms with E-state index < -0.39 is 0 Å². The third kappa shape index (κ3) is 1.75. The van der Waals surface area contributed by atoms with E-state index in [9.17, 15) is 4.79 Å². The Balaban J connectivity index is 1.78. The fraction of sp³-hybridized carbons (Fsp3) is 0.417. The van der Waals surface area contributed by atoms with E-state index in [1.54, 1.807) is 10.9 Å². The summed E-state index contributed by atoms with van der Waals surface area (Å²) in [7, 11) is 0. The molecule has 1 aliphatic rings. The molecule has 0 aromatic carbocycles. The lowest BCUT2D eigenvalue weighted by Gasteiger charge is -2.05. The zero-order valence-corrected chi connectivity index (χ0v) is 11.7. The zero-order valence-electron chi connectivity index (χ0n) is 10.9. The Morgan fingerprint density at radius 2 is 2.30 bits per heavy atom. The molecular weight excluding hydrogens is 276 g/mol. The predicted octanol–water partition coefficient (Wildman–Crippen LogP) is 1.14. The van der Waals surface area contributed by atoms with Gasteiger partial charge in [-0.3, -0.25) is 9.36 Å². The van der Waals surface area contributed by atoms with Gasteiger partial charge >= 0.3 is 0 Å². The molecular formula is C12H12N6OS. The molecule has 8 heteroatoms. The average Bonchev–Trinajstić information content (AvgIpc) is 3.06. The molecule has 1 fully saturated rings. The smallest absolute Gasteiger partial charge is 0.262 e. The van der Waals surface area contributed by atoms with E-state index in [-0.39, 0.29) is 5.56 Å². The lowest BCUT2D eigenvalue weighted by molar-refractivity contribution is 0.562. The van der Waals surface area contributed by atoms with E-state index in [1.165, 1.54) is 11.3 Å². The van der Waals surface area contributed by atoms with Gasteiger partial charge in [-0.15, -0.1) is 16.4 Å². The minimum absolute atomic E-state index is 0.0286. The number of hydrogen-bond acceptors (Lipinski definition) is 6. The van der Waals surface area contributed by atoms with Gasteiger partial charge in [-0.05, 0) is 41.1 Å². The molecule has 20 heavy (non-hydrogen) atoms. The maximum atomic E-state index is 12.5. The molecule has 3 aromatic rings. The predicted molar refractivity (Wildman–Crippen MR) is 73.8 cm³/mol. The van der Waals surface area contributed by atoms with Gasteiger partial charge in [0, 0.05) is 0 Å². The monoisotopic (exact) mass is 288 g/mol. The van der Waals surface area contributed by atoms with Crippen molar-refractivity contribution in [2.24, 2.45) is 0 Å². The van der Waals surface area contributed by atoms with Crippen LogP contribution in [0.3, 0.4) is 0 Å². The highest BCUT2D eigenvalue weighted by molar-refractivity contribution is 7.16. The first-order chi connectivity index (χ1) is 9.74. The Morgan fingerprint density at radius 3 is 3.10 bits per heavy atom. The fourth-order valence-corrected chi connectivity index (χ4v) is 3.17. The van der Waals surface area contributed by atoms with Crippen LogP contribution in [0.2, 0.25) is 0 Å². The normalized spacial score (nSPS) is 15.1. The van der Waals surface area contributed by atoms with E-state index in [2.05, 4.69) is 20.5 Å². The van der Waals surface area contributed by atoms with Crippen molar-refractivity contribution in [3.63, 3.8) is 0 Å². The number of hydrogen-bond donors (Lipinski definition) is 0. The zero-order chi connectivity index (χ0) is 13.7. The van der Waals surface area contributed by atoms with Crippen molar-refractivity contribution in [3.05, 3.63) is 33.4 Å². The topological polar surface area (TPSA) is 78.5 Å². The van der Waals surface area contributed by atoms with Gasteiger partial charge in [-0.1, -0.05) is 0 Å². The van der Waals surface area contributed by atoms with Crippen molar-refractivity contribution in [1.82, 2.24) is 29.8 Å². The Kier molecular flexibility index (Phi) is 2.46. The van der Waals surface area contributed by atoms with Crippen molar-refractivity contribution in [2.75, 3.05) is 0 Å². The summed E-state index contributed by atoms with van der Waals surface area (Å²) in [5.74, 6) is 0.712. The standard InChI is InChI=1S/C12H12N6OS/c1-7-5-20-11-10(7)12(19)17(6-13-11)4-9-14-15-16-18(9)8-2-3-8/h5-6,8H,2-4H2,1H3. The maximum absolute atomic E-state index is 12.5. The maximum Gasteiger partial charge on any atom is 0.262 e. The lowest BCUT2D eigenvalue weighted by atomic mass is 10.3. The Labute approximate surface area is 117 Å². The molecule has 3 heterocycles. The van der Waals surface area contributed by atoms with Gasteiger partial charge in [-0.25, -0.2) is 9.67 Å². The molecule has 0 saturated heterocycles. The van der Waals surface area contributed by atoms with E-state index in [4.69, 9.17) is 0 Å². The molecule has 1 saturated carbocycles. The summed E-state index contributed by atoms with van der Waals surface area (Å²) in [6.07, 6.45) is 3.79. The van der Waals surface area contributed by atoms with Gasteiger partial charge < -0.3 is 0 Å². The van der Waals surface area contributed by atoms with Crippen LogP contribution in [0.25, 0.3) is 10.2 Å². The van der Waals surface area contributed by atoms with E-state index in [0.717, 1.165) is 23.2 Å². The Bertz CT molecular complexity index is 843. The molecule has 0 aliphatic heterocycles. The summed E-state index contributed by atoms with van der Waals surface area (Å²) >= 11 is 1.49. The van der Waals surface area contributed by atoms with Crippen LogP contribution in [0.4, 0.5) is 0 Å². The van der Waals surface area contributed by atoms with Crippen molar-refractivity contribution >= 4 is 21.6 Å². The first-order valence-electron chi connectivity index (χ1n) is 6.44. The van der Waals surface area contributed by atoms with Gasteiger partial charge in [0.2, 0.25) is 0 Å². The van der Waals surface area contributed by atoms with Gasteiger partial charge in [0.05, 0.1) is 24.3 Å². The molecule has 0 radical (unpaired) electrons. The number of fused-ring (bicyclic) bond motifs is 1. The molecule has 4 rings (SSSR count). The van der Waals surface area contributed by atoms with E-state index >= 15 is 0 Å². The van der Waals surface area contributed by atoms with Gasteiger partial charge in [0.1, 0.15) is 4.83 Å². The fourth-order valence-electron chi connectivity index (χ4n) is 2.29. The summed E-state index contributed by atoms with van der Waals surface area (Å²) < 4.78 is 3.39. The summed E-state index contributed by atoms with van der Waals surface area (Å²) in [5.41, 5.74) is 0.942. The molecule has 7 nitrogen and oxygen atoms in total. The number of aryl methyl sites for hydroxylation is 1. The molecule has 0 spiro atoms. The van der Waals surface area contributed by atoms with Gasteiger partial charge in [0.25, 0.3) is 5.56 Å². The number of tetrazole rings is 1. The van der Waals surface area contributed by atoms with Crippen molar-refractivity contribution < 1.29 is 0 Å². The summed E-state index contributed by atoms with van der Waals surface area (Å²) in [5, 5.41) is 14.4. The second-order valence-corrected chi connectivity index (χ2v) is 5.91. The van der Waals surface area contributed by atoms with Crippen LogP contribution in [0.1, 0.15) is 30.3 Å². The first-order valence-corrected chi connectivity index (χ1v) is 7.32. The van der Waals surface area contributed by atoms with Crippen LogP contribution < -0.4 is 5.56 Å². The van der Waals surface area contributed by atoms with Crippen molar-refractivity contribution in [1.29, 1.82) is 0 Å². The van der Waals surface area contributed by atoms with Crippen LogP contribution >= 0.6 is 11.3 Å². The van der Waals surface area contributed by atoms with Crippen molar-refractivity contribution in [3.8, 4) is 0 Å². The molecule has 0 atom stereocenters. The average molecular weight is 288 g/mol. The van der Waals surface area contributed by atoms with Crippen LogP contribution in [-0.4, -0.2) is 29.8 Å². The molecule has 1 aliphatic carbocycles. The van der Waals surface area contributed by atoms with Crippen LogP contribution in [-0.2, 0) is 6.54 Å². The minimum atomic E-state index is -0.0286. The van der Waals surface area contributed by atoms with Crippen LogP contribution in [0.15, 0.2) is 16.5 Å². The Morgan fingerprint density at radius 1 is 1.45 bits per heavy atom. The van der Waals surface area contributed by atoms with Gasteiger partial charge in [0.15, 0.2) is 5.82 Å². The third-order valence-corrected chi connectivity index (χ3v) is 4.51. The number of thiophene rings is 1. The van der Waals surface area contributed by atoms with Crippen molar-refractivity contribution in [2.45, 2.75) is 32.4 Å². The SMILES string of the molecule is Cc1csc2ncn(Cc3nnnn3C3CC3)c(=O)c12. The van der Waals surface area contributed by atoms with E-state index in [1.807, 2.05) is 17.0 Å². The highest BCUT2D eigenvalue weighted by atomic mass is 32.1. The van der Waals surface area contributed by atoms with Gasteiger partial charge in [-0.2, -0.15) is 0 Å². The summed E-state index contributed by atoms with van der Waals surface area (Å²) in [6.45, 7) is 2.29. The molecule has 0 bridgehead atoms. The lowest BCUT2D eigenvalue weighted by Crippen LogP contribution is -2.23. The number of nitrogens with zero attached hydrogens (tertiary/aromatic N) is 6. The van der Waals surface area contributed by atoms with Crippen LogP contribution in [0, 0.1) is 6.92 Å². The van der Waals surface area contributed by atoms with E-state index in [0.29, 0.717) is 23.8 Å². The van der Waals surface area contributed by atoms with Crippen LogP contribution in [0.5, 0.6) is 0 Å². The summed E-state index contributed by atoms with van der Waals surface area (Å²) in [6, 6.07) is 0.398. The quantitative estimate of drug-likeness (QED) is 0.722. The first kappa shape index (κ1) is 11.7. The molecule has 3 aromatic heterocycles.